The van der Waals surface area contributed by atoms with E-state index in [9.17, 15) is 8.42 Å². The average molecular weight is 393 g/mol. The van der Waals surface area contributed by atoms with Crippen molar-refractivity contribution >= 4 is 10.0 Å². The van der Waals surface area contributed by atoms with Gasteiger partial charge in [-0.3, -0.25) is 0 Å². The normalized spacial score (nSPS) is 14.7. The van der Waals surface area contributed by atoms with E-state index in [1.54, 1.807) is 6.07 Å². The van der Waals surface area contributed by atoms with E-state index in [-0.39, 0.29) is 24.7 Å². The van der Waals surface area contributed by atoms with Gasteiger partial charge in [0.25, 0.3) is 0 Å². The molecule has 1 aliphatic rings. The summed E-state index contributed by atoms with van der Waals surface area (Å²) in [5.74, 6) is 0.944. The maximum absolute atomic E-state index is 12.7. The quantitative estimate of drug-likeness (QED) is 0.710. The van der Waals surface area contributed by atoms with Crippen LogP contribution >= 0.6 is 0 Å². The van der Waals surface area contributed by atoms with E-state index in [2.05, 4.69) is 4.72 Å². The van der Waals surface area contributed by atoms with Crippen molar-refractivity contribution < 1.29 is 27.7 Å². The van der Waals surface area contributed by atoms with Crippen LogP contribution in [0.25, 0.3) is 0 Å². The highest BCUT2D eigenvalue weighted by Gasteiger charge is 2.21. The molecule has 2 aromatic rings. The highest BCUT2D eigenvalue weighted by Crippen LogP contribution is 2.32. The summed E-state index contributed by atoms with van der Waals surface area (Å²) in [5.41, 5.74) is 1.93. The summed E-state index contributed by atoms with van der Waals surface area (Å²) in [5, 5.41) is 9.04. The number of benzene rings is 2. The highest BCUT2D eigenvalue weighted by atomic mass is 32.2. The zero-order valence-electron chi connectivity index (χ0n) is 15.1. The predicted molar refractivity (Wildman–Crippen MR) is 99.6 cm³/mol. The van der Waals surface area contributed by atoms with E-state index in [1.807, 2.05) is 31.2 Å². The van der Waals surface area contributed by atoms with E-state index < -0.39 is 16.1 Å². The van der Waals surface area contributed by atoms with Gasteiger partial charge in [0.1, 0.15) is 13.2 Å². The number of aryl methyl sites for hydroxylation is 1. The first-order valence-electron chi connectivity index (χ1n) is 8.68. The second-order valence-corrected chi connectivity index (χ2v) is 7.92. The van der Waals surface area contributed by atoms with Gasteiger partial charge in [-0.05, 0) is 24.6 Å². The lowest BCUT2D eigenvalue weighted by Crippen LogP contribution is -2.30. The molecule has 146 valence electrons. The zero-order valence-corrected chi connectivity index (χ0v) is 15.9. The molecule has 0 aromatic heterocycles. The van der Waals surface area contributed by atoms with Crippen LogP contribution in [0.4, 0.5) is 0 Å². The van der Waals surface area contributed by atoms with Gasteiger partial charge in [-0.1, -0.05) is 29.8 Å². The fourth-order valence-corrected chi connectivity index (χ4v) is 3.76. The Balaban J connectivity index is 1.74. The first kappa shape index (κ1) is 19.6. The Kier molecular flexibility index (Phi) is 6.33. The lowest BCUT2D eigenvalue weighted by atomic mass is 10.1. The molecule has 0 aliphatic carbocycles. The Labute approximate surface area is 158 Å². The molecule has 27 heavy (non-hydrogen) atoms. The smallest absolute Gasteiger partial charge is 0.240 e. The molecule has 2 aromatic carbocycles. The molecule has 1 atom stereocenters. The number of aliphatic hydroxyl groups excluding tert-OH is 1. The molecule has 1 aliphatic heterocycles. The van der Waals surface area contributed by atoms with Crippen molar-refractivity contribution in [1.29, 1.82) is 0 Å². The van der Waals surface area contributed by atoms with Crippen molar-refractivity contribution in [2.45, 2.75) is 17.9 Å². The maximum atomic E-state index is 12.7. The topological polar surface area (TPSA) is 94.1 Å². The molecule has 3 rings (SSSR count). The zero-order chi connectivity index (χ0) is 19.3. The molecule has 0 radical (unpaired) electrons. The summed E-state index contributed by atoms with van der Waals surface area (Å²) in [6.07, 6.45) is -0.510. The Hall–Kier alpha value is -2.13. The van der Waals surface area contributed by atoms with E-state index in [0.717, 1.165) is 11.1 Å². The number of aliphatic hydroxyl groups is 1. The monoisotopic (exact) mass is 393 g/mol. The minimum Gasteiger partial charge on any atom is -0.486 e. The Morgan fingerprint density at radius 1 is 1.11 bits per heavy atom. The number of nitrogens with one attached hydrogen (secondary N) is 1. The third-order valence-electron chi connectivity index (χ3n) is 4.14. The lowest BCUT2D eigenvalue weighted by Gasteiger charge is -2.20. The van der Waals surface area contributed by atoms with E-state index in [0.29, 0.717) is 24.7 Å². The van der Waals surface area contributed by atoms with Gasteiger partial charge in [-0.2, -0.15) is 0 Å². The molecule has 1 heterocycles. The molecule has 8 heteroatoms. The summed E-state index contributed by atoms with van der Waals surface area (Å²) < 4.78 is 44.4. The van der Waals surface area contributed by atoms with Crippen LogP contribution in [0.1, 0.15) is 17.2 Å². The van der Waals surface area contributed by atoms with Gasteiger partial charge in [0.05, 0.1) is 24.2 Å². The van der Waals surface area contributed by atoms with Crippen LogP contribution in [0, 0.1) is 6.92 Å². The van der Waals surface area contributed by atoms with Gasteiger partial charge < -0.3 is 19.3 Å². The average Bonchev–Trinajstić information content (AvgIpc) is 2.68. The van der Waals surface area contributed by atoms with Gasteiger partial charge in [-0.25, -0.2) is 13.1 Å². The van der Waals surface area contributed by atoms with Crippen molar-refractivity contribution in [2.24, 2.45) is 0 Å². The molecule has 1 unspecified atom stereocenters. The number of hydrogen-bond acceptors (Lipinski definition) is 6. The third kappa shape index (κ3) is 4.98. The summed E-state index contributed by atoms with van der Waals surface area (Å²) in [4.78, 5) is 0.0940. The van der Waals surface area contributed by atoms with Crippen LogP contribution < -0.4 is 14.2 Å². The first-order valence-corrected chi connectivity index (χ1v) is 10.2. The van der Waals surface area contributed by atoms with Crippen LogP contribution in [-0.2, 0) is 14.8 Å². The second kappa shape index (κ2) is 8.71. The van der Waals surface area contributed by atoms with E-state index in [1.165, 1.54) is 12.1 Å². The number of ether oxygens (including phenoxy) is 3. The van der Waals surface area contributed by atoms with Crippen LogP contribution in [0.5, 0.6) is 11.5 Å². The van der Waals surface area contributed by atoms with Crippen molar-refractivity contribution in [3.05, 3.63) is 53.6 Å². The molecular weight excluding hydrogens is 370 g/mol. The van der Waals surface area contributed by atoms with Gasteiger partial charge in [0.2, 0.25) is 10.0 Å². The maximum Gasteiger partial charge on any atom is 0.240 e. The Morgan fingerprint density at radius 2 is 1.81 bits per heavy atom. The Morgan fingerprint density at radius 3 is 2.52 bits per heavy atom. The van der Waals surface area contributed by atoms with Gasteiger partial charge in [-0.15, -0.1) is 0 Å². The standard InChI is InChI=1S/C19H23NO6S/c1-14-2-4-15(5-3-14)19(24-9-8-21)13-20-27(22,23)16-6-7-17-18(12-16)26-11-10-25-17/h2-7,12,19-21H,8-11,13H2,1H3. The number of rotatable bonds is 8. The van der Waals surface area contributed by atoms with Gasteiger partial charge in [0, 0.05) is 12.6 Å². The predicted octanol–water partition coefficient (Wildman–Crippen LogP) is 1.79. The number of sulfonamides is 1. The van der Waals surface area contributed by atoms with Crippen molar-refractivity contribution in [2.75, 3.05) is 33.0 Å². The van der Waals surface area contributed by atoms with Crippen molar-refractivity contribution in [3.8, 4) is 11.5 Å². The molecule has 0 amide bonds. The molecule has 0 bridgehead atoms. The molecule has 0 spiro atoms. The molecular formula is C19H23NO6S. The minimum absolute atomic E-state index is 0.0415. The fraction of sp³-hybridized carbons (Fsp3) is 0.368. The lowest BCUT2D eigenvalue weighted by molar-refractivity contribution is 0.0309. The largest absolute Gasteiger partial charge is 0.486 e. The number of fused-ring (bicyclic) bond motifs is 1. The molecule has 0 fully saturated rings. The van der Waals surface area contributed by atoms with Gasteiger partial charge >= 0.3 is 0 Å². The Bertz CT molecular complexity index is 866. The summed E-state index contributed by atoms with van der Waals surface area (Å²) in [7, 11) is -3.76. The summed E-state index contributed by atoms with van der Waals surface area (Å²) in [6.45, 7) is 2.81. The molecule has 2 N–H and O–H groups in total. The highest BCUT2D eigenvalue weighted by molar-refractivity contribution is 7.89. The fourth-order valence-electron chi connectivity index (χ4n) is 2.71. The van der Waals surface area contributed by atoms with Crippen LogP contribution in [0.15, 0.2) is 47.4 Å². The van der Waals surface area contributed by atoms with Crippen LogP contribution in [0.2, 0.25) is 0 Å². The van der Waals surface area contributed by atoms with Crippen molar-refractivity contribution in [3.63, 3.8) is 0 Å². The number of hydrogen-bond donors (Lipinski definition) is 2. The molecule has 0 saturated heterocycles. The van der Waals surface area contributed by atoms with Gasteiger partial charge in [0.15, 0.2) is 11.5 Å². The summed E-state index contributed by atoms with van der Waals surface area (Å²) >= 11 is 0. The molecule has 7 nitrogen and oxygen atoms in total. The van der Waals surface area contributed by atoms with E-state index >= 15 is 0 Å². The molecule has 0 saturated carbocycles. The summed E-state index contributed by atoms with van der Waals surface area (Å²) in [6, 6.07) is 12.1. The first-order chi connectivity index (χ1) is 13.0. The van der Waals surface area contributed by atoms with Crippen LogP contribution in [0.3, 0.4) is 0 Å². The minimum atomic E-state index is -3.76. The third-order valence-corrected chi connectivity index (χ3v) is 5.56. The SMILES string of the molecule is Cc1ccc(C(CNS(=O)(=O)c2ccc3c(c2)OCCO3)OCCO)cc1. The van der Waals surface area contributed by atoms with E-state index in [4.69, 9.17) is 19.3 Å². The van der Waals surface area contributed by atoms with Crippen molar-refractivity contribution in [1.82, 2.24) is 4.72 Å². The second-order valence-electron chi connectivity index (χ2n) is 6.15. The van der Waals surface area contributed by atoms with Crippen LogP contribution in [-0.4, -0.2) is 46.5 Å².